The normalized spacial score (nSPS) is 13.6. The van der Waals surface area contributed by atoms with Crippen LogP contribution in [0.5, 0.6) is 0 Å². The molecule has 3 rings (SSSR count). The van der Waals surface area contributed by atoms with Crippen LogP contribution in [-0.2, 0) is 27.3 Å². The third-order valence-electron chi connectivity index (χ3n) is 4.49. The number of methoxy groups -OCH3 is 1. The zero-order valence-electron chi connectivity index (χ0n) is 15.6. The van der Waals surface area contributed by atoms with E-state index in [4.69, 9.17) is 4.74 Å². The lowest BCUT2D eigenvalue weighted by atomic mass is 9.93. The second kappa shape index (κ2) is 8.68. The highest BCUT2D eigenvalue weighted by atomic mass is 16.5. The number of carbonyl (C=O) groups excluding carboxylic acids is 2. The maximum absolute atomic E-state index is 12.6. The molecule has 0 aliphatic carbocycles. The summed E-state index contributed by atoms with van der Waals surface area (Å²) in [5, 5.41) is 2.71. The first-order chi connectivity index (χ1) is 13.1. The van der Waals surface area contributed by atoms with E-state index in [0.29, 0.717) is 25.4 Å². The van der Waals surface area contributed by atoms with Crippen molar-refractivity contribution < 1.29 is 14.3 Å². The Labute approximate surface area is 158 Å². The summed E-state index contributed by atoms with van der Waals surface area (Å²) in [4.78, 5) is 32.5. The van der Waals surface area contributed by atoms with Crippen molar-refractivity contribution >= 4 is 17.5 Å². The van der Waals surface area contributed by atoms with Gasteiger partial charge < -0.3 is 10.1 Å². The summed E-state index contributed by atoms with van der Waals surface area (Å²) in [5.41, 5.74) is 3.63. The van der Waals surface area contributed by atoms with Crippen LogP contribution >= 0.6 is 0 Å². The molecular weight excluding hydrogens is 342 g/mol. The van der Waals surface area contributed by atoms with Crippen LogP contribution in [0, 0.1) is 0 Å². The van der Waals surface area contributed by atoms with Crippen molar-refractivity contribution in [1.82, 2.24) is 10.3 Å². The third-order valence-corrected chi connectivity index (χ3v) is 4.49. The van der Waals surface area contributed by atoms with Crippen LogP contribution in [0.3, 0.4) is 0 Å². The number of hydrogen-bond donors (Lipinski definition) is 1. The smallest absolute Gasteiger partial charge is 0.222 e. The summed E-state index contributed by atoms with van der Waals surface area (Å²) in [6, 6.07) is 11.8. The molecule has 0 radical (unpaired) electrons. The molecule has 6 heteroatoms. The Morgan fingerprint density at radius 2 is 2.04 bits per heavy atom. The number of carbonyl (C=O) groups is 2. The molecule has 0 unspecified atom stereocenters. The Bertz CT molecular complexity index is 862. The van der Waals surface area contributed by atoms with Gasteiger partial charge in [0.1, 0.15) is 11.6 Å². The predicted octanol–water partition coefficient (Wildman–Crippen LogP) is 2.41. The van der Waals surface area contributed by atoms with Crippen LogP contribution in [0.2, 0.25) is 0 Å². The lowest BCUT2D eigenvalue weighted by molar-refractivity contribution is -0.119. The molecule has 1 aliphatic heterocycles. The Morgan fingerprint density at radius 3 is 2.74 bits per heavy atom. The SMILES string of the molecule is COC[C@@H](CC(=O)Cc1cc2c(cn1)C(NC(C)=O)=NC2)c1ccccc1. The fourth-order valence-electron chi connectivity index (χ4n) is 3.26. The number of nitrogens with one attached hydrogen (secondary N) is 1. The van der Waals surface area contributed by atoms with E-state index in [0.717, 1.165) is 22.4 Å². The van der Waals surface area contributed by atoms with Crippen LogP contribution in [0.4, 0.5) is 0 Å². The van der Waals surface area contributed by atoms with E-state index in [-0.39, 0.29) is 24.0 Å². The fourth-order valence-corrected chi connectivity index (χ4v) is 3.26. The number of ether oxygens (including phenoxy) is 1. The van der Waals surface area contributed by atoms with Crippen molar-refractivity contribution in [2.45, 2.75) is 32.2 Å². The van der Waals surface area contributed by atoms with Crippen molar-refractivity contribution in [3.8, 4) is 0 Å². The number of Topliss-reactive ketones (excluding diaryl/α,β-unsaturated/α-hetero) is 1. The molecule has 0 bridgehead atoms. The molecule has 140 valence electrons. The molecule has 0 spiro atoms. The molecule has 0 saturated heterocycles. The van der Waals surface area contributed by atoms with Gasteiger partial charge in [0.25, 0.3) is 0 Å². The van der Waals surface area contributed by atoms with Gasteiger partial charge in [-0.3, -0.25) is 19.6 Å². The fraction of sp³-hybridized carbons (Fsp3) is 0.333. The third kappa shape index (κ3) is 4.86. The first-order valence-electron chi connectivity index (χ1n) is 8.92. The molecule has 27 heavy (non-hydrogen) atoms. The lowest BCUT2D eigenvalue weighted by Gasteiger charge is -2.15. The molecule has 6 nitrogen and oxygen atoms in total. The second-order valence-corrected chi connectivity index (χ2v) is 6.66. The Hall–Kier alpha value is -2.86. The van der Waals surface area contributed by atoms with Crippen LogP contribution in [-0.4, -0.2) is 36.2 Å². The molecule has 1 aromatic carbocycles. The van der Waals surface area contributed by atoms with Gasteiger partial charge in [-0.15, -0.1) is 0 Å². The number of amides is 1. The van der Waals surface area contributed by atoms with E-state index >= 15 is 0 Å². The van der Waals surface area contributed by atoms with Crippen LogP contribution in [0.15, 0.2) is 47.6 Å². The number of pyridine rings is 1. The lowest BCUT2D eigenvalue weighted by Crippen LogP contribution is -2.27. The summed E-state index contributed by atoms with van der Waals surface area (Å²) in [5.74, 6) is 0.542. The monoisotopic (exact) mass is 365 g/mol. The maximum atomic E-state index is 12.6. The Balaban J connectivity index is 1.65. The Kier molecular flexibility index (Phi) is 6.08. The summed E-state index contributed by atoms with van der Waals surface area (Å²) in [6.07, 6.45) is 2.36. The minimum atomic E-state index is -0.161. The number of nitrogens with zero attached hydrogens (tertiary/aromatic N) is 2. The van der Waals surface area contributed by atoms with E-state index in [1.54, 1.807) is 13.3 Å². The molecule has 1 amide bonds. The summed E-state index contributed by atoms with van der Waals surface area (Å²) >= 11 is 0. The molecule has 0 fully saturated rings. The average molecular weight is 365 g/mol. The highest BCUT2D eigenvalue weighted by Gasteiger charge is 2.20. The first kappa shape index (κ1) is 18.9. The number of benzene rings is 1. The summed E-state index contributed by atoms with van der Waals surface area (Å²) in [7, 11) is 1.65. The number of fused-ring (bicyclic) bond motifs is 1. The number of hydrogen-bond acceptors (Lipinski definition) is 5. The molecule has 1 atom stereocenters. The average Bonchev–Trinajstić information content (AvgIpc) is 3.03. The minimum Gasteiger partial charge on any atom is -0.384 e. The van der Waals surface area contributed by atoms with Gasteiger partial charge in [0.2, 0.25) is 5.91 Å². The second-order valence-electron chi connectivity index (χ2n) is 6.66. The van der Waals surface area contributed by atoms with Gasteiger partial charge in [0.05, 0.1) is 13.2 Å². The van der Waals surface area contributed by atoms with Crippen LogP contribution in [0.1, 0.15) is 41.6 Å². The van der Waals surface area contributed by atoms with E-state index in [1.165, 1.54) is 6.92 Å². The van der Waals surface area contributed by atoms with E-state index in [1.807, 2.05) is 36.4 Å². The highest BCUT2D eigenvalue weighted by molar-refractivity contribution is 6.09. The summed E-state index contributed by atoms with van der Waals surface area (Å²) < 4.78 is 5.30. The maximum Gasteiger partial charge on any atom is 0.222 e. The van der Waals surface area contributed by atoms with Gasteiger partial charge in [0, 0.05) is 50.2 Å². The number of ketones is 1. The van der Waals surface area contributed by atoms with Gasteiger partial charge in [0.15, 0.2) is 0 Å². The van der Waals surface area contributed by atoms with Crippen molar-refractivity contribution in [2.75, 3.05) is 13.7 Å². The number of amidine groups is 1. The standard InChI is InChI=1S/C21H23N3O3/c1-14(25)24-21-20-12-22-18(8-16(20)11-23-21)10-19(26)9-17(13-27-2)15-6-4-3-5-7-15/h3-8,12,17H,9-11,13H2,1-2H3,(H,23,24,25)/t17-/m1/s1. The van der Waals surface area contributed by atoms with E-state index in [9.17, 15) is 9.59 Å². The van der Waals surface area contributed by atoms with E-state index in [2.05, 4.69) is 15.3 Å². The molecule has 1 aromatic heterocycles. The summed E-state index contributed by atoms with van der Waals surface area (Å²) in [6.45, 7) is 2.44. The molecule has 1 aliphatic rings. The molecule has 2 heterocycles. The van der Waals surface area contributed by atoms with Crippen LogP contribution in [0.25, 0.3) is 0 Å². The van der Waals surface area contributed by atoms with Crippen molar-refractivity contribution in [3.05, 3.63) is 65.0 Å². The van der Waals surface area contributed by atoms with Gasteiger partial charge in [-0.2, -0.15) is 0 Å². The van der Waals surface area contributed by atoms with Crippen LogP contribution < -0.4 is 5.32 Å². The highest BCUT2D eigenvalue weighted by Crippen LogP contribution is 2.22. The zero-order valence-corrected chi connectivity index (χ0v) is 15.6. The molecule has 1 N–H and O–H groups in total. The van der Waals surface area contributed by atoms with Crippen molar-refractivity contribution in [1.29, 1.82) is 0 Å². The quantitative estimate of drug-likeness (QED) is 0.817. The van der Waals surface area contributed by atoms with Crippen molar-refractivity contribution in [3.63, 3.8) is 0 Å². The molecule has 2 aromatic rings. The van der Waals surface area contributed by atoms with E-state index < -0.39 is 0 Å². The largest absolute Gasteiger partial charge is 0.384 e. The van der Waals surface area contributed by atoms with Gasteiger partial charge in [-0.1, -0.05) is 30.3 Å². The first-order valence-corrected chi connectivity index (χ1v) is 8.92. The minimum absolute atomic E-state index is 0.0350. The zero-order chi connectivity index (χ0) is 19.2. The van der Waals surface area contributed by atoms with Gasteiger partial charge in [-0.05, 0) is 17.2 Å². The number of aliphatic imine (C=N–C) groups is 1. The molecular formula is C21H23N3O3. The predicted molar refractivity (Wildman–Crippen MR) is 103 cm³/mol. The molecule has 0 saturated carbocycles. The topological polar surface area (TPSA) is 80.6 Å². The van der Waals surface area contributed by atoms with Gasteiger partial charge in [-0.25, -0.2) is 0 Å². The Morgan fingerprint density at radius 1 is 1.26 bits per heavy atom. The van der Waals surface area contributed by atoms with Gasteiger partial charge >= 0.3 is 0 Å². The number of rotatable bonds is 7. The van der Waals surface area contributed by atoms with Crippen molar-refractivity contribution in [2.24, 2.45) is 4.99 Å². The number of aromatic nitrogens is 1.